The van der Waals surface area contributed by atoms with Gasteiger partial charge in [-0.25, -0.2) is 0 Å². The van der Waals surface area contributed by atoms with E-state index in [2.05, 4.69) is 28.1 Å². The third kappa shape index (κ3) is 1.86. The molecule has 0 radical (unpaired) electrons. The van der Waals surface area contributed by atoms with Gasteiger partial charge in [0.1, 0.15) is 12.0 Å². The van der Waals surface area contributed by atoms with Crippen LogP contribution in [-0.4, -0.2) is 16.3 Å². The highest BCUT2D eigenvalue weighted by Gasteiger charge is 2.07. The van der Waals surface area contributed by atoms with Crippen LogP contribution in [0.3, 0.4) is 0 Å². The second-order valence-electron chi connectivity index (χ2n) is 4.10. The lowest BCUT2D eigenvalue weighted by molar-refractivity contribution is 0.344. The van der Waals surface area contributed by atoms with Crippen molar-refractivity contribution >= 4 is 10.9 Å². The first-order chi connectivity index (χ1) is 8.88. The Kier molecular flexibility index (Phi) is 2.76. The Bertz CT molecular complexity index is 641. The number of fused-ring (bicyclic) bond motifs is 1. The van der Waals surface area contributed by atoms with Crippen LogP contribution in [0.15, 0.2) is 47.4 Å². The summed E-state index contributed by atoms with van der Waals surface area (Å²) in [5.74, 6) is 0.930. The van der Waals surface area contributed by atoms with Crippen LogP contribution in [0.25, 0.3) is 10.9 Å². The Morgan fingerprint density at radius 2 is 2.28 bits per heavy atom. The van der Waals surface area contributed by atoms with E-state index < -0.39 is 0 Å². The highest BCUT2D eigenvalue weighted by atomic mass is 16.5. The minimum Gasteiger partial charge on any atom is -0.493 e. The van der Waals surface area contributed by atoms with Crippen molar-refractivity contribution in [3.8, 4) is 5.75 Å². The lowest BCUT2D eigenvalue weighted by Crippen LogP contribution is -1.97. The van der Waals surface area contributed by atoms with Crippen molar-refractivity contribution in [2.45, 2.75) is 13.5 Å². The average Bonchev–Trinajstić information content (AvgIpc) is 3.01. The van der Waals surface area contributed by atoms with Crippen LogP contribution >= 0.6 is 0 Å². The van der Waals surface area contributed by atoms with Crippen LogP contribution in [0.5, 0.6) is 5.75 Å². The molecule has 0 amide bonds. The molecule has 0 fully saturated rings. The molecule has 0 spiro atoms. The van der Waals surface area contributed by atoms with Crippen molar-refractivity contribution < 1.29 is 9.26 Å². The topological polar surface area (TPSA) is 40.2 Å². The molecule has 0 aliphatic heterocycles. The van der Waals surface area contributed by atoms with Crippen molar-refractivity contribution in [2.24, 2.45) is 0 Å². The molecule has 0 bridgehead atoms. The number of benzene rings is 1. The summed E-state index contributed by atoms with van der Waals surface area (Å²) in [4.78, 5) is 0. The van der Waals surface area contributed by atoms with Gasteiger partial charge in [-0.05, 0) is 25.1 Å². The minimum atomic E-state index is 0.677. The molecule has 1 aromatic carbocycles. The maximum Gasteiger partial charge on any atom is 0.128 e. The molecule has 4 heteroatoms. The highest BCUT2D eigenvalue weighted by molar-refractivity contribution is 5.86. The minimum absolute atomic E-state index is 0.677. The lowest BCUT2D eigenvalue weighted by Gasteiger charge is -2.06. The van der Waals surface area contributed by atoms with Gasteiger partial charge in [0, 0.05) is 17.1 Å². The summed E-state index contributed by atoms with van der Waals surface area (Å²) in [6.45, 7) is 3.42. The van der Waals surface area contributed by atoms with Gasteiger partial charge in [0.2, 0.25) is 0 Å². The van der Waals surface area contributed by atoms with Gasteiger partial charge in [-0.1, -0.05) is 11.2 Å². The molecule has 0 N–H and O–H groups in total. The predicted molar refractivity (Wildman–Crippen MR) is 68.7 cm³/mol. The Labute approximate surface area is 105 Å². The van der Waals surface area contributed by atoms with Crippen LogP contribution in [0, 0.1) is 0 Å². The molecule has 3 aromatic rings. The standard InChI is InChI=1S/C14H14N2O2/c1-2-17-14-5-3-4-13-12(14)6-7-16(13)9-11-8-15-18-10-11/h3-8,10H,2,9H2,1H3. The third-order valence-corrected chi connectivity index (χ3v) is 2.91. The number of ether oxygens (including phenoxy) is 1. The largest absolute Gasteiger partial charge is 0.493 e. The van der Waals surface area contributed by atoms with E-state index >= 15 is 0 Å². The van der Waals surface area contributed by atoms with Gasteiger partial charge >= 0.3 is 0 Å². The van der Waals surface area contributed by atoms with E-state index in [1.54, 1.807) is 12.5 Å². The van der Waals surface area contributed by atoms with Crippen LogP contribution in [0.1, 0.15) is 12.5 Å². The predicted octanol–water partition coefficient (Wildman–Crippen LogP) is 3.08. The molecule has 0 saturated carbocycles. The fourth-order valence-electron chi connectivity index (χ4n) is 2.12. The van der Waals surface area contributed by atoms with Crippen molar-refractivity contribution in [1.82, 2.24) is 9.72 Å². The van der Waals surface area contributed by atoms with Gasteiger partial charge in [0.25, 0.3) is 0 Å². The summed E-state index contributed by atoms with van der Waals surface area (Å²) in [6, 6.07) is 8.17. The molecule has 3 rings (SSSR count). The zero-order chi connectivity index (χ0) is 12.4. The zero-order valence-electron chi connectivity index (χ0n) is 10.2. The van der Waals surface area contributed by atoms with E-state index in [0.717, 1.165) is 28.8 Å². The van der Waals surface area contributed by atoms with Crippen LogP contribution in [0.2, 0.25) is 0 Å². The lowest BCUT2D eigenvalue weighted by atomic mass is 10.2. The first kappa shape index (κ1) is 10.9. The van der Waals surface area contributed by atoms with Crippen LogP contribution < -0.4 is 4.74 Å². The van der Waals surface area contributed by atoms with Crippen molar-refractivity contribution in [1.29, 1.82) is 0 Å². The molecular weight excluding hydrogens is 228 g/mol. The molecule has 0 saturated heterocycles. The summed E-state index contributed by atoms with van der Waals surface area (Å²) in [6.07, 6.45) is 5.46. The second kappa shape index (κ2) is 4.56. The normalized spacial score (nSPS) is 10.9. The van der Waals surface area contributed by atoms with E-state index in [4.69, 9.17) is 9.26 Å². The smallest absolute Gasteiger partial charge is 0.128 e. The van der Waals surface area contributed by atoms with Crippen LogP contribution in [0.4, 0.5) is 0 Å². The molecular formula is C14H14N2O2. The highest BCUT2D eigenvalue weighted by Crippen LogP contribution is 2.27. The van der Waals surface area contributed by atoms with Gasteiger partial charge in [0.05, 0.1) is 24.9 Å². The maximum atomic E-state index is 5.62. The number of nitrogens with zero attached hydrogens (tertiary/aromatic N) is 2. The number of hydrogen-bond donors (Lipinski definition) is 0. The van der Waals surface area contributed by atoms with Crippen LogP contribution in [-0.2, 0) is 6.54 Å². The van der Waals surface area contributed by atoms with E-state index in [0.29, 0.717) is 6.61 Å². The Hall–Kier alpha value is -2.23. The molecule has 0 aliphatic carbocycles. The Balaban J connectivity index is 2.01. The summed E-state index contributed by atoms with van der Waals surface area (Å²) >= 11 is 0. The van der Waals surface area contributed by atoms with Gasteiger partial charge < -0.3 is 13.8 Å². The molecule has 92 valence electrons. The summed E-state index contributed by atoms with van der Waals surface area (Å²) < 4.78 is 12.6. The molecule has 0 aliphatic rings. The fraction of sp³-hybridized carbons (Fsp3) is 0.214. The molecule has 18 heavy (non-hydrogen) atoms. The van der Waals surface area contributed by atoms with Crippen molar-refractivity contribution in [3.63, 3.8) is 0 Å². The zero-order valence-corrected chi connectivity index (χ0v) is 10.2. The van der Waals surface area contributed by atoms with E-state index in [-0.39, 0.29) is 0 Å². The molecule has 0 atom stereocenters. The van der Waals surface area contributed by atoms with Gasteiger partial charge in [0.15, 0.2) is 0 Å². The summed E-state index contributed by atoms with van der Waals surface area (Å²) in [5.41, 5.74) is 2.21. The molecule has 4 nitrogen and oxygen atoms in total. The first-order valence-electron chi connectivity index (χ1n) is 5.97. The van der Waals surface area contributed by atoms with Gasteiger partial charge in [-0.2, -0.15) is 0 Å². The van der Waals surface area contributed by atoms with Gasteiger partial charge in [-0.15, -0.1) is 0 Å². The third-order valence-electron chi connectivity index (χ3n) is 2.91. The maximum absolute atomic E-state index is 5.62. The fourth-order valence-corrected chi connectivity index (χ4v) is 2.12. The first-order valence-corrected chi connectivity index (χ1v) is 5.97. The summed E-state index contributed by atoms with van der Waals surface area (Å²) in [5, 5.41) is 4.85. The number of aromatic nitrogens is 2. The molecule has 0 unspecified atom stereocenters. The van der Waals surface area contributed by atoms with Crippen molar-refractivity contribution in [2.75, 3.05) is 6.61 Å². The molecule has 2 heterocycles. The number of rotatable bonds is 4. The average molecular weight is 242 g/mol. The van der Waals surface area contributed by atoms with E-state index in [1.807, 2.05) is 19.1 Å². The Morgan fingerprint density at radius 3 is 3.06 bits per heavy atom. The second-order valence-corrected chi connectivity index (χ2v) is 4.10. The number of hydrogen-bond acceptors (Lipinski definition) is 3. The molecule has 2 aromatic heterocycles. The monoisotopic (exact) mass is 242 g/mol. The summed E-state index contributed by atoms with van der Waals surface area (Å²) in [7, 11) is 0. The van der Waals surface area contributed by atoms with Gasteiger partial charge in [-0.3, -0.25) is 0 Å². The van der Waals surface area contributed by atoms with Crippen molar-refractivity contribution in [3.05, 3.63) is 48.5 Å². The Morgan fingerprint density at radius 1 is 1.33 bits per heavy atom. The van der Waals surface area contributed by atoms with E-state index in [1.165, 1.54) is 0 Å². The van der Waals surface area contributed by atoms with E-state index in [9.17, 15) is 0 Å². The SMILES string of the molecule is CCOc1cccc2c1ccn2Cc1cnoc1. The quantitative estimate of drug-likeness (QED) is 0.706.